The molecule has 0 amide bonds. The van der Waals surface area contributed by atoms with Crippen molar-refractivity contribution in [1.29, 1.82) is 0 Å². The quantitative estimate of drug-likeness (QED) is 0.211. The van der Waals surface area contributed by atoms with Gasteiger partial charge in [-0.3, -0.25) is 0 Å². The zero-order chi connectivity index (χ0) is 28.9. The van der Waals surface area contributed by atoms with Crippen LogP contribution in [0.1, 0.15) is 65.5 Å². The van der Waals surface area contributed by atoms with Crippen molar-refractivity contribution in [3.8, 4) is 11.1 Å². The molecule has 0 spiro atoms. The zero-order valence-corrected chi connectivity index (χ0v) is 25.1. The summed E-state index contributed by atoms with van der Waals surface area (Å²) in [6, 6.07) is 29.2. The minimum absolute atomic E-state index is 0.159. The second-order valence-electron chi connectivity index (χ2n) is 12.7. The maximum absolute atomic E-state index is 7.17. The predicted molar refractivity (Wildman–Crippen MR) is 185 cm³/mol. The summed E-state index contributed by atoms with van der Waals surface area (Å²) in [4.78, 5) is 0. The van der Waals surface area contributed by atoms with Crippen molar-refractivity contribution in [2.24, 2.45) is 5.73 Å². The molecule has 0 radical (unpaired) electrons. The lowest BCUT2D eigenvalue weighted by Crippen LogP contribution is -2.14. The molecule has 0 saturated carbocycles. The van der Waals surface area contributed by atoms with E-state index in [1.807, 2.05) is 11.3 Å². The van der Waals surface area contributed by atoms with E-state index in [9.17, 15) is 0 Å². The summed E-state index contributed by atoms with van der Waals surface area (Å²) in [6.07, 6.45) is 13.0. The van der Waals surface area contributed by atoms with Crippen LogP contribution in [0.2, 0.25) is 0 Å². The Balaban J connectivity index is 1.09. The van der Waals surface area contributed by atoms with Crippen LogP contribution < -0.4 is 5.73 Å². The molecule has 4 aromatic carbocycles. The molecule has 5 aromatic rings. The average Bonchev–Trinajstić information content (AvgIpc) is 3.89. The molecule has 208 valence electrons. The molecule has 0 saturated heterocycles. The van der Waals surface area contributed by atoms with Gasteiger partial charge in [-0.15, -0.1) is 22.8 Å². The fraction of sp³-hybridized carbons (Fsp3) is 0.143. The van der Waals surface area contributed by atoms with Gasteiger partial charge < -0.3 is 5.73 Å². The molecule has 44 heavy (non-hydrogen) atoms. The third-order valence-corrected chi connectivity index (χ3v) is 11.5. The van der Waals surface area contributed by atoms with Crippen molar-refractivity contribution in [2.75, 3.05) is 0 Å². The monoisotopic (exact) mass is 579 g/mol. The molecule has 2 N–H and O–H groups in total. The van der Waals surface area contributed by atoms with E-state index in [1.165, 1.54) is 92.6 Å². The summed E-state index contributed by atoms with van der Waals surface area (Å²) in [5, 5.41) is 2.64. The fourth-order valence-electron chi connectivity index (χ4n) is 8.34. The molecule has 1 aromatic heterocycles. The highest BCUT2D eigenvalue weighted by molar-refractivity contribution is 7.25. The molecule has 1 nitrogen and oxygen atoms in total. The van der Waals surface area contributed by atoms with E-state index >= 15 is 0 Å². The standard InChI is InChI=1S/C42H29NS/c43-42(28-17-18-34-33-11-3-4-14-38(33)44-39(34)23-28)37-21-25-7-5-12-30(25)40(37)27-16-15-24(19-27)29-20-26-8-6-13-35-31-9-1-2-10-32(31)36(22-29)41(26)35/h1-4,6-12,14,17-18,20,22-23,35,42H,13,15-16,21,43H2. The lowest BCUT2D eigenvalue weighted by molar-refractivity contribution is 0.814. The van der Waals surface area contributed by atoms with Gasteiger partial charge in [-0.2, -0.15) is 0 Å². The second-order valence-corrected chi connectivity index (χ2v) is 13.8. The SMILES string of the molecule is NC(C1=C(C2=C=C(c3cc4c5c(c3)-c3ccccc3C5CC=C4)CC2)C2=C(C=C=C2)C1)c1ccc2c(c1)sc1ccccc12. The molecule has 10 rings (SSSR count). The molecule has 0 bridgehead atoms. The first-order chi connectivity index (χ1) is 21.7. The van der Waals surface area contributed by atoms with E-state index < -0.39 is 0 Å². The largest absolute Gasteiger partial charge is 0.321 e. The van der Waals surface area contributed by atoms with Gasteiger partial charge in [0.15, 0.2) is 0 Å². The third-order valence-electron chi connectivity index (χ3n) is 10.4. The second kappa shape index (κ2) is 9.16. The molecule has 5 aliphatic carbocycles. The summed E-state index contributed by atoms with van der Waals surface area (Å²) in [7, 11) is 0. The van der Waals surface area contributed by atoms with Crippen LogP contribution in [0.25, 0.3) is 42.9 Å². The number of thiophene rings is 1. The number of allylic oxidation sites excluding steroid dienone is 6. The Morgan fingerprint density at radius 3 is 2.66 bits per heavy atom. The highest BCUT2D eigenvalue weighted by atomic mass is 32.1. The third kappa shape index (κ3) is 3.46. The van der Waals surface area contributed by atoms with Crippen molar-refractivity contribution >= 4 is 43.2 Å². The molecule has 2 heteroatoms. The Morgan fingerprint density at radius 1 is 0.818 bits per heavy atom. The van der Waals surface area contributed by atoms with Crippen molar-refractivity contribution in [3.05, 3.63) is 164 Å². The van der Waals surface area contributed by atoms with Gasteiger partial charge >= 0.3 is 0 Å². The van der Waals surface area contributed by atoms with Gasteiger partial charge in [-0.05, 0) is 123 Å². The van der Waals surface area contributed by atoms with Gasteiger partial charge in [0.2, 0.25) is 0 Å². The van der Waals surface area contributed by atoms with E-state index in [2.05, 4.69) is 115 Å². The zero-order valence-electron chi connectivity index (χ0n) is 24.3. The highest BCUT2D eigenvalue weighted by Crippen LogP contribution is 2.52. The number of fused-ring (bicyclic) bond motifs is 6. The van der Waals surface area contributed by atoms with Crippen LogP contribution in [0.4, 0.5) is 0 Å². The number of hydrogen-bond acceptors (Lipinski definition) is 2. The van der Waals surface area contributed by atoms with Crippen molar-refractivity contribution in [3.63, 3.8) is 0 Å². The number of hydrogen-bond donors (Lipinski definition) is 1. The van der Waals surface area contributed by atoms with Crippen molar-refractivity contribution < 1.29 is 0 Å². The van der Waals surface area contributed by atoms with Crippen molar-refractivity contribution in [1.82, 2.24) is 0 Å². The maximum Gasteiger partial charge on any atom is 0.0524 e. The van der Waals surface area contributed by atoms with Gasteiger partial charge in [-0.25, -0.2) is 0 Å². The van der Waals surface area contributed by atoms with Crippen LogP contribution >= 0.6 is 11.3 Å². The molecular formula is C42H29NS. The normalized spacial score (nSPS) is 19.7. The van der Waals surface area contributed by atoms with Crippen LogP contribution in [0.15, 0.2) is 136 Å². The molecule has 5 aliphatic rings. The molecule has 2 atom stereocenters. The van der Waals surface area contributed by atoms with Crippen LogP contribution in [0.5, 0.6) is 0 Å². The van der Waals surface area contributed by atoms with Gasteiger partial charge in [0.25, 0.3) is 0 Å². The van der Waals surface area contributed by atoms with E-state index in [4.69, 9.17) is 5.73 Å². The predicted octanol–water partition coefficient (Wildman–Crippen LogP) is 10.7. The average molecular weight is 580 g/mol. The Bertz CT molecular complexity index is 2370. The summed E-state index contributed by atoms with van der Waals surface area (Å²) in [5.74, 6) is 0.491. The first kappa shape index (κ1) is 24.7. The molecular weight excluding hydrogens is 551 g/mol. The van der Waals surface area contributed by atoms with E-state index in [0.717, 1.165) is 25.7 Å². The smallest absolute Gasteiger partial charge is 0.0524 e. The maximum atomic E-state index is 7.17. The summed E-state index contributed by atoms with van der Waals surface area (Å²) in [5.41, 5.74) is 32.0. The summed E-state index contributed by atoms with van der Waals surface area (Å²) < 4.78 is 2.63. The van der Waals surface area contributed by atoms with Gasteiger partial charge in [-0.1, -0.05) is 66.7 Å². The molecule has 1 heterocycles. The lowest BCUT2D eigenvalue weighted by Gasteiger charge is -2.19. The number of rotatable bonds is 4. The van der Waals surface area contributed by atoms with Crippen molar-refractivity contribution in [2.45, 2.75) is 37.6 Å². The van der Waals surface area contributed by atoms with Crippen LogP contribution in [0, 0.1) is 0 Å². The summed E-state index contributed by atoms with van der Waals surface area (Å²) >= 11 is 1.86. The Kier molecular flexibility index (Phi) is 5.15. The minimum Gasteiger partial charge on any atom is -0.321 e. The molecule has 2 unspecified atom stereocenters. The van der Waals surface area contributed by atoms with E-state index in [1.54, 1.807) is 0 Å². The van der Waals surface area contributed by atoms with Gasteiger partial charge in [0.1, 0.15) is 0 Å². The highest BCUT2D eigenvalue weighted by Gasteiger charge is 2.34. The van der Waals surface area contributed by atoms with E-state index in [-0.39, 0.29) is 6.04 Å². The Labute approximate surface area is 261 Å². The van der Waals surface area contributed by atoms with Crippen LogP contribution in [0.3, 0.4) is 0 Å². The number of nitrogens with two attached hydrogens (primary N) is 1. The first-order valence-electron chi connectivity index (χ1n) is 15.7. The minimum atomic E-state index is -0.159. The Hall–Kier alpha value is -4.68. The topological polar surface area (TPSA) is 26.0 Å². The number of benzene rings is 4. The molecule has 0 aliphatic heterocycles. The lowest BCUT2D eigenvalue weighted by atomic mass is 9.84. The summed E-state index contributed by atoms with van der Waals surface area (Å²) in [6.45, 7) is 0. The molecule has 0 fully saturated rings. The fourth-order valence-corrected chi connectivity index (χ4v) is 9.49. The first-order valence-corrected chi connectivity index (χ1v) is 16.5. The van der Waals surface area contributed by atoms with Gasteiger partial charge in [0, 0.05) is 37.2 Å². The Morgan fingerprint density at radius 2 is 1.68 bits per heavy atom. The van der Waals surface area contributed by atoms with Crippen LogP contribution in [-0.2, 0) is 0 Å². The van der Waals surface area contributed by atoms with Gasteiger partial charge in [0.05, 0.1) is 6.04 Å². The van der Waals surface area contributed by atoms with E-state index in [0.29, 0.717) is 5.92 Å². The van der Waals surface area contributed by atoms with Crippen LogP contribution in [-0.4, -0.2) is 0 Å².